The number of rotatable bonds is 3. The van der Waals surface area contributed by atoms with Gasteiger partial charge >= 0.3 is 6.09 Å². The first kappa shape index (κ1) is 8.71. The maximum Gasteiger partial charge on any atom is 0.410 e. The maximum atomic E-state index is 10.9. The molecule has 0 aromatic rings. The van der Waals surface area contributed by atoms with Crippen molar-refractivity contribution in [3.05, 3.63) is 0 Å². The Kier molecular flexibility index (Phi) is 3.05. The summed E-state index contributed by atoms with van der Waals surface area (Å²) < 4.78 is 4.77. The number of carbonyl (C=O) groups is 1. The first-order valence-electron chi connectivity index (χ1n) is 3.73. The van der Waals surface area contributed by atoms with Gasteiger partial charge in [0.15, 0.2) is 0 Å². The normalized spacial score (nSPS) is 17.7. The highest BCUT2D eigenvalue weighted by Gasteiger charge is 2.21. The highest BCUT2D eigenvalue weighted by Crippen LogP contribution is 2.14. The lowest BCUT2D eigenvalue weighted by Crippen LogP contribution is -2.24. The van der Waals surface area contributed by atoms with E-state index in [-0.39, 0.29) is 6.09 Å². The van der Waals surface area contributed by atoms with E-state index in [9.17, 15) is 4.79 Å². The van der Waals surface area contributed by atoms with Crippen LogP contribution < -0.4 is 0 Å². The number of carbonyl (C=O) groups excluding carboxylic acids is 1. The van der Waals surface area contributed by atoms with Gasteiger partial charge in [-0.3, -0.25) is 4.90 Å². The fourth-order valence-corrected chi connectivity index (χ4v) is 1.49. The molecule has 1 aliphatic heterocycles. The molecule has 0 aromatic heterocycles. The van der Waals surface area contributed by atoms with Crippen LogP contribution in [-0.4, -0.2) is 35.3 Å². The van der Waals surface area contributed by atoms with Crippen molar-refractivity contribution < 1.29 is 9.53 Å². The molecule has 1 aliphatic rings. The van der Waals surface area contributed by atoms with Gasteiger partial charge < -0.3 is 4.74 Å². The van der Waals surface area contributed by atoms with Crippen LogP contribution in [0, 0.1) is 0 Å². The quantitative estimate of drug-likeness (QED) is 0.651. The molecule has 0 aromatic carbocycles. The third kappa shape index (κ3) is 2.61. The van der Waals surface area contributed by atoms with E-state index in [0.717, 1.165) is 12.4 Å². The zero-order valence-corrected chi connectivity index (χ0v) is 7.69. The summed E-state index contributed by atoms with van der Waals surface area (Å²) in [4.78, 5) is 12.6. The van der Waals surface area contributed by atoms with E-state index in [1.54, 1.807) is 16.7 Å². The van der Waals surface area contributed by atoms with Crippen molar-refractivity contribution in [3.8, 4) is 0 Å². The first-order chi connectivity index (χ1) is 5.20. The van der Waals surface area contributed by atoms with Crippen molar-refractivity contribution in [2.24, 2.45) is 0 Å². The van der Waals surface area contributed by atoms with Gasteiger partial charge in [-0.2, -0.15) is 0 Å². The molecule has 11 heavy (non-hydrogen) atoms. The van der Waals surface area contributed by atoms with Gasteiger partial charge in [0.2, 0.25) is 0 Å². The van der Waals surface area contributed by atoms with Gasteiger partial charge in [0.05, 0.1) is 12.4 Å². The predicted molar refractivity (Wildman–Crippen MR) is 45.6 cm³/mol. The van der Waals surface area contributed by atoms with Crippen LogP contribution in [0.3, 0.4) is 0 Å². The molecule has 0 N–H and O–H groups in total. The van der Waals surface area contributed by atoms with Crippen molar-refractivity contribution in [1.29, 1.82) is 0 Å². The van der Waals surface area contributed by atoms with Crippen LogP contribution in [0.1, 0.15) is 13.8 Å². The van der Waals surface area contributed by atoms with Gasteiger partial charge in [-0.05, 0) is 0 Å². The number of hydrogen-bond acceptors (Lipinski definition) is 3. The third-order valence-electron chi connectivity index (χ3n) is 1.41. The Balaban J connectivity index is 2.20. The summed E-state index contributed by atoms with van der Waals surface area (Å²) in [5, 5.41) is 0.573. The second kappa shape index (κ2) is 3.85. The first-order valence-corrected chi connectivity index (χ1v) is 4.78. The van der Waals surface area contributed by atoms with E-state index in [1.165, 1.54) is 0 Å². The molecule has 0 aliphatic carbocycles. The molecule has 0 radical (unpaired) electrons. The smallest absolute Gasteiger partial charge is 0.410 e. The zero-order chi connectivity index (χ0) is 8.27. The van der Waals surface area contributed by atoms with Crippen LogP contribution >= 0.6 is 11.8 Å². The summed E-state index contributed by atoms with van der Waals surface area (Å²) in [6.45, 7) is 5.54. The molecule has 0 spiro atoms. The van der Waals surface area contributed by atoms with Gasteiger partial charge in [0.25, 0.3) is 0 Å². The van der Waals surface area contributed by atoms with Gasteiger partial charge in [-0.25, -0.2) is 4.79 Å². The van der Waals surface area contributed by atoms with Crippen molar-refractivity contribution in [2.75, 3.05) is 19.0 Å². The number of amides is 1. The van der Waals surface area contributed by atoms with Crippen LogP contribution in [-0.2, 0) is 4.74 Å². The van der Waals surface area contributed by atoms with E-state index in [1.807, 2.05) is 0 Å². The lowest BCUT2D eigenvalue weighted by atomic mass is 10.6. The summed E-state index contributed by atoms with van der Waals surface area (Å²) in [5.74, 6) is 0.760. The Morgan fingerprint density at radius 3 is 2.91 bits per heavy atom. The molecule has 3 nitrogen and oxygen atoms in total. The fourth-order valence-electron chi connectivity index (χ4n) is 0.782. The van der Waals surface area contributed by atoms with Crippen LogP contribution in [0.2, 0.25) is 0 Å². The summed E-state index contributed by atoms with van der Waals surface area (Å²) in [6, 6.07) is 0. The standard InChI is InChI=1S/C7H13NO2S/c1-6(2)11-5-8-3-4-10-7(8)9/h6H,3-5H2,1-2H3. The minimum atomic E-state index is -0.168. The van der Waals surface area contributed by atoms with Gasteiger partial charge in [-0.1, -0.05) is 13.8 Å². The average Bonchev–Trinajstić information content (AvgIpc) is 2.31. The summed E-state index contributed by atoms with van der Waals surface area (Å²) in [5.41, 5.74) is 0. The van der Waals surface area contributed by atoms with Gasteiger partial charge in [-0.15, -0.1) is 11.8 Å². The maximum absolute atomic E-state index is 10.9. The molecular weight excluding hydrogens is 162 g/mol. The van der Waals surface area contributed by atoms with Crippen LogP contribution in [0.25, 0.3) is 0 Å². The predicted octanol–water partition coefficient (Wildman–Crippen LogP) is 1.54. The Bertz CT molecular complexity index is 149. The Labute approximate surface area is 71.1 Å². The zero-order valence-electron chi connectivity index (χ0n) is 6.87. The second-order valence-corrected chi connectivity index (χ2v) is 4.26. The monoisotopic (exact) mass is 175 g/mol. The van der Waals surface area contributed by atoms with E-state index in [4.69, 9.17) is 4.74 Å². The Morgan fingerprint density at radius 1 is 1.73 bits per heavy atom. The summed E-state index contributed by atoms with van der Waals surface area (Å²) >= 11 is 1.76. The molecule has 0 unspecified atom stereocenters. The van der Waals surface area contributed by atoms with Crippen LogP contribution in [0.4, 0.5) is 4.79 Å². The minimum Gasteiger partial charge on any atom is -0.448 e. The lowest BCUT2D eigenvalue weighted by molar-refractivity contribution is 0.162. The average molecular weight is 175 g/mol. The Morgan fingerprint density at radius 2 is 2.45 bits per heavy atom. The summed E-state index contributed by atoms with van der Waals surface area (Å²) in [6.07, 6.45) is -0.168. The number of hydrogen-bond donors (Lipinski definition) is 0. The van der Waals surface area contributed by atoms with Crippen molar-refractivity contribution in [3.63, 3.8) is 0 Å². The topological polar surface area (TPSA) is 29.5 Å². The molecule has 0 bridgehead atoms. The van der Waals surface area contributed by atoms with E-state index < -0.39 is 0 Å². The van der Waals surface area contributed by atoms with Crippen molar-refractivity contribution >= 4 is 17.9 Å². The van der Waals surface area contributed by atoms with Gasteiger partial charge in [0.1, 0.15) is 6.61 Å². The van der Waals surface area contributed by atoms with Crippen molar-refractivity contribution in [2.45, 2.75) is 19.1 Å². The van der Waals surface area contributed by atoms with Gasteiger partial charge in [0, 0.05) is 5.25 Å². The second-order valence-electron chi connectivity index (χ2n) is 2.72. The molecule has 0 atom stereocenters. The number of cyclic esters (lactones) is 1. The molecule has 64 valence electrons. The van der Waals surface area contributed by atoms with Crippen LogP contribution in [0.5, 0.6) is 0 Å². The molecule has 1 amide bonds. The molecular formula is C7H13NO2S. The third-order valence-corrected chi connectivity index (χ3v) is 2.54. The molecule has 0 saturated carbocycles. The molecule has 1 rings (SSSR count). The SMILES string of the molecule is CC(C)SCN1CCOC1=O. The summed E-state index contributed by atoms with van der Waals surface area (Å²) in [7, 11) is 0. The van der Waals surface area contributed by atoms with E-state index in [2.05, 4.69) is 13.8 Å². The highest BCUT2D eigenvalue weighted by atomic mass is 32.2. The molecule has 1 heterocycles. The molecule has 1 fully saturated rings. The molecule has 1 saturated heterocycles. The number of ether oxygens (including phenoxy) is 1. The lowest BCUT2D eigenvalue weighted by Gasteiger charge is -2.12. The fraction of sp³-hybridized carbons (Fsp3) is 0.857. The molecule has 4 heteroatoms. The van der Waals surface area contributed by atoms with E-state index >= 15 is 0 Å². The highest BCUT2D eigenvalue weighted by molar-refractivity contribution is 7.99. The number of thioether (sulfide) groups is 1. The largest absolute Gasteiger partial charge is 0.448 e. The van der Waals surface area contributed by atoms with E-state index in [0.29, 0.717) is 11.9 Å². The van der Waals surface area contributed by atoms with Crippen LogP contribution in [0.15, 0.2) is 0 Å². The minimum absolute atomic E-state index is 0.168. The van der Waals surface area contributed by atoms with Crippen molar-refractivity contribution in [1.82, 2.24) is 4.90 Å². The Hall–Kier alpha value is -0.380. The number of nitrogens with zero attached hydrogens (tertiary/aromatic N) is 1.